The average Bonchev–Trinajstić information content (AvgIpc) is 2.32. The van der Waals surface area contributed by atoms with Gasteiger partial charge in [-0.15, -0.1) is 0 Å². The van der Waals surface area contributed by atoms with Crippen molar-refractivity contribution in [3.05, 3.63) is 66.8 Å². The lowest BCUT2D eigenvalue weighted by molar-refractivity contribution is 0.219. The third-order valence-corrected chi connectivity index (χ3v) is 4.30. The fourth-order valence-corrected chi connectivity index (χ4v) is 3.25. The summed E-state index contributed by atoms with van der Waals surface area (Å²) in [5, 5.41) is 10.3. The van der Waals surface area contributed by atoms with Gasteiger partial charge in [0, 0.05) is 8.95 Å². The Balaban J connectivity index is 2.41. The summed E-state index contributed by atoms with van der Waals surface area (Å²) in [5.74, 6) is -0.346. The van der Waals surface area contributed by atoms with Crippen molar-refractivity contribution in [2.24, 2.45) is 0 Å². The van der Waals surface area contributed by atoms with Crippen molar-refractivity contribution in [2.45, 2.75) is 6.10 Å². The van der Waals surface area contributed by atoms with Gasteiger partial charge in [0.1, 0.15) is 11.9 Å². The second-order valence-corrected chi connectivity index (χ2v) is 6.37. The van der Waals surface area contributed by atoms with Gasteiger partial charge in [0.25, 0.3) is 0 Å². The highest BCUT2D eigenvalue weighted by Crippen LogP contribution is 2.32. The highest BCUT2D eigenvalue weighted by atomic mass is 79.9. The Labute approximate surface area is 129 Å². The van der Waals surface area contributed by atoms with Crippen LogP contribution in [0.25, 0.3) is 0 Å². The second kappa shape index (κ2) is 5.82. The second-order valence-electron chi connectivity index (χ2n) is 3.74. The summed E-state index contributed by atoms with van der Waals surface area (Å²) in [6.07, 6.45) is -0.802. The molecule has 0 aliphatic heterocycles. The maximum atomic E-state index is 13.2. The average molecular weight is 439 g/mol. The molecule has 2 aromatic carbocycles. The first kappa shape index (κ1) is 14.2. The molecule has 0 amide bonds. The molecule has 1 nitrogen and oxygen atoms in total. The molecule has 0 aliphatic rings. The molecule has 0 radical (unpaired) electrons. The predicted molar refractivity (Wildman–Crippen MR) is 80.0 cm³/mol. The molecule has 0 spiro atoms. The fraction of sp³-hybridized carbons (Fsp3) is 0.0769. The van der Waals surface area contributed by atoms with Gasteiger partial charge in [-0.2, -0.15) is 0 Å². The van der Waals surface area contributed by atoms with E-state index in [2.05, 4.69) is 47.8 Å². The standard InChI is InChI=1S/C13H8Br3FO/c14-8-2-3-9(10(15)6-8)13(18)7-1-4-12(17)11(16)5-7/h1-6,13,18H. The minimum absolute atomic E-state index is 0.340. The van der Waals surface area contributed by atoms with Crippen LogP contribution in [0.4, 0.5) is 4.39 Å². The highest BCUT2D eigenvalue weighted by molar-refractivity contribution is 9.11. The van der Waals surface area contributed by atoms with E-state index in [9.17, 15) is 9.50 Å². The van der Waals surface area contributed by atoms with E-state index in [-0.39, 0.29) is 5.82 Å². The van der Waals surface area contributed by atoms with Gasteiger partial charge < -0.3 is 5.11 Å². The Morgan fingerprint density at radius 2 is 1.67 bits per heavy atom. The van der Waals surface area contributed by atoms with Crippen LogP contribution in [0.5, 0.6) is 0 Å². The van der Waals surface area contributed by atoms with Crippen LogP contribution in [0.15, 0.2) is 49.8 Å². The number of hydrogen-bond donors (Lipinski definition) is 1. The third kappa shape index (κ3) is 3.02. The minimum atomic E-state index is -0.802. The monoisotopic (exact) mass is 436 g/mol. The number of hydrogen-bond acceptors (Lipinski definition) is 1. The van der Waals surface area contributed by atoms with E-state index in [1.54, 1.807) is 12.1 Å². The Bertz CT molecular complexity index is 586. The van der Waals surface area contributed by atoms with Crippen LogP contribution in [0.1, 0.15) is 17.2 Å². The topological polar surface area (TPSA) is 20.2 Å². The smallest absolute Gasteiger partial charge is 0.137 e. The van der Waals surface area contributed by atoms with Gasteiger partial charge in [-0.3, -0.25) is 0 Å². The van der Waals surface area contributed by atoms with Gasteiger partial charge in [0.05, 0.1) is 4.47 Å². The van der Waals surface area contributed by atoms with E-state index in [1.807, 2.05) is 18.2 Å². The summed E-state index contributed by atoms with van der Waals surface area (Å²) < 4.78 is 15.2. The van der Waals surface area contributed by atoms with E-state index < -0.39 is 6.10 Å². The van der Waals surface area contributed by atoms with Crippen LogP contribution in [0.3, 0.4) is 0 Å². The van der Waals surface area contributed by atoms with Crippen molar-refractivity contribution >= 4 is 47.8 Å². The zero-order valence-corrected chi connectivity index (χ0v) is 13.8. The molecule has 1 unspecified atom stereocenters. The predicted octanol–water partition coefficient (Wildman–Crippen LogP) is 5.19. The minimum Gasteiger partial charge on any atom is -0.384 e. The molecular formula is C13H8Br3FO. The SMILES string of the molecule is OC(c1ccc(F)c(Br)c1)c1ccc(Br)cc1Br. The largest absolute Gasteiger partial charge is 0.384 e. The van der Waals surface area contributed by atoms with Crippen molar-refractivity contribution in [1.29, 1.82) is 0 Å². The maximum Gasteiger partial charge on any atom is 0.137 e. The molecule has 2 aromatic rings. The van der Waals surface area contributed by atoms with Gasteiger partial charge in [-0.1, -0.05) is 44.0 Å². The Hall–Kier alpha value is -0.230. The molecule has 0 bridgehead atoms. The molecule has 1 atom stereocenters. The summed E-state index contributed by atoms with van der Waals surface area (Å²) in [6.45, 7) is 0. The van der Waals surface area contributed by atoms with Crippen LogP contribution in [-0.4, -0.2) is 5.11 Å². The van der Waals surface area contributed by atoms with Gasteiger partial charge in [-0.05, 0) is 51.3 Å². The number of rotatable bonds is 2. The molecule has 0 saturated heterocycles. The maximum absolute atomic E-state index is 13.2. The van der Waals surface area contributed by atoms with Crippen LogP contribution < -0.4 is 0 Å². The van der Waals surface area contributed by atoms with Crippen LogP contribution in [-0.2, 0) is 0 Å². The van der Waals surface area contributed by atoms with Gasteiger partial charge in [0.2, 0.25) is 0 Å². The lowest BCUT2D eigenvalue weighted by atomic mass is 10.0. The Morgan fingerprint density at radius 3 is 2.28 bits per heavy atom. The summed E-state index contributed by atoms with van der Waals surface area (Å²) >= 11 is 9.87. The molecule has 94 valence electrons. The molecule has 0 saturated carbocycles. The van der Waals surface area contributed by atoms with Crippen molar-refractivity contribution in [1.82, 2.24) is 0 Å². The summed E-state index contributed by atoms with van der Waals surface area (Å²) in [6, 6.07) is 10.00. The molecule has 18 heavy (non-hydrogen) atoms. The summed E-state index contributed by atoms with van der Waals surface area (Å²) in [4.78, 5) is 0. The first-order valence-electron chi connectivity index (χ1n) is 5.07. The van der Waals surface area contributed by atoms with Crippen LogP contribution in [0, 0.1) is 5.82 Å². The molecule has 0 fully saturated rings. The highest BCUT2D eigenvalue weighted by Gasteiger charge is 2.15. The lowest BCUT2D eigenvalue weighted by Crippen LogP contribution is -2.01. The Kier molecular flexibility index (Phi) is 4.59. The number of aliphatic hydroxyl groups excluding tert-OH is 1. The lowest BCUT2D eigenvalue weighted by Gasteiger charge is -2.14. The first-order valence-corrected chi connectivity index (χ1v) is 7.45. The van der Waals surface area contributed by atoms with Crippen LogP contribution in [0.2, 0.25) is 0 Å². The molecule has 5 heteroatoms. The third-order valence-electron chi connectivity index (χ3n) is 2.52. The van der Waals surface area contributed by atoms with E-state index in [4.69, 9.17) is 0 Å². The fourth-order valence-electron chi connectivity index (χ4n) is 1.59. The summed E-state index contributed by atoms with van der Waals surface area (Å²) in [7, 11) is 0. The van der Waals surface area contributed by atoms with E-state index in [0.717, 1.165) is 14.5 Å². The number of aliphatic hydroxyl groups is 1. The molecular weight excluding hydrogens is 431 g/mol. The molecule has 0 heterocycles. The molecule has 1 N–H and O–H groups in total. The van der Waals surface area contributed by atoms with Gasteiger partial charge >= 0.3 is 0 Å². The van der Waals surface area contributed by atoms with Crippen molar-refractivity contribution in [3.8, 4) is 0 Å². The quantitative estimate of drug-likeness (QED) is 0.683. The zero-order chi connectivity index (χ0) is 13.3. The molecule has 0 aromatic heterocycles. The normalized spacial score (nSPS) is 12.5. The zero-order valence-electron chi connectivity index (χ0n) is 9.00. The van der Waals surface area contributed by atoms with Gasteiger partial charge in [0.15, 0.2) is 0 Å². The van der Waals surface area contributed by atoms with Crippen molar-refractivity contribution in [2.75, 3.05) is 0 Å². The van der Waals surface area contributed by atoms with Crippen LogP contribution >= 0.6 is 47.8 Å². The van der Waals surface area contributed by atoms with E-state index in [1.165, 1.54) is 6.07 Å². The number of benzene rings is 2. The van der Waals surface area contributed by atoms with Gasteiger partial charge in [-0.25, -0.2) is 4.39 Å². The molecule has 0 aliphatic carbocycles. The van der Waals surface area contributed by atoms with Crippen molar-refractivity contribution < 1.29 is 9.50 Å². The van der Waals surface area contributed by atoms with E-state index in [0.29, 0.717) is 10.0 Å². The van der Waals surface area contributed by atoms with E-state index >= 15 is 0 Å². The molecule has 2 rings (SSSR count). The number of halogens is 4. The summed E-state index contributed by atoms with van der Waals surface area (Å²) in [5.41, 5.74) is 1.36. The Morgan fingerprint density at radius 1 is 0.944 bits per heavy atom. The first-order chi connectivity index (χ1) is 8.49. The van der Waals surface area contributed by atoms with Crippen molar-refractivity contribution in [3.63, 3.8) is 0 Å².